The summed E-state index contributed by atoms with van der Waals surface area (Å²) in [6, 6.07) is -1.40. The molecule has 0 rings (SSSR count). The van der Waals surface area contributed by atoms with Crippen molar-refractivity contribution in [2.75, 3.05) is 26.7 Å². The first-order chi connectivity index (χ1) is 8.34. The van der Waals surface area contributed by atoms with Crippen molar-refractivity contribution in [1.29, 1.82) is 0 Å². The van der Waals surface area contributed by atoms with Crippen molar-refractivity contribution in [1.82, 2.24) is 15.1 Å². The molecule has 104 valence electrons. The average Bonchev–Trinajstić information content (AvgIpc) is 2.33. The van der Waals surface area contributed by atoms with Gasteiger partial charge in [0, 0.05) is 20.1 Å². The number of likely N-dealkylation sites (N-methyl/N-ethyl adjacent to an activating group) is 3. The van der Waals surface area contributed by atoms with Gasteiger partial charge in [0.1, 0.15) is 12.6 Å². The van der Waals surface area contributed by atoms with Gasteiger partial charge in [0.25, 0.3) is 0 Å². The number of carbonyl (C=O) groups is 3. The van der Waals surface area contributed by atoms with Gasteiger partial charge in [-0.05, 0) is 20.8 Å². The van der Waals surface area contributed by atoms with Gasteiger partial charge in [-0.15, -0.1) is 0 Å². The van der Waals surface area contributed by atoms with E-state index in [-0.39, 0.29) is 12.5 Å². The molecule has 3 amide bonds. The lowest BCUT2D eigenvalue weighted by molar-refractivity contribution is -0.141. The molecular weight excluding hydrogens is 238 g/mol. The zero-order valence-electron chi connectivity index (χ0n) is 11.3. The maximum Gasteiger partial charge on any atom is 0.326 e. The van der Waals surface area contributed by atoms with Crippen LogP contribution in [0.4, 0.5) is 4.79 Å². The molecule has 0 fully saturated rings. The standard InChI is InChI=1S/C11H21N3O4/c1-5-12-9(15)7-14(6-2)11(18)13(4)8(3)10(16)17/h8H,5-7H2,1-4H3,(H,12,15)(H,16,17). The molecule has 0 bridgehead atoms. The largest absolute Gasteiger partial charge is 0.480 e. The van der Waals surface area contributed by atoms with Crippen LogP contribution in [0.25, 0.3) is 0 Å². The predicted octanol–water partition coefficient (Wildman–Crippen LogP) is -0.0307. The lowest BCUT2D eigenvalue weighted by atomic mass is 10.3. The minimum atomic E-state index is -1.08. The van der Waals surface area contributed by atoms with Crippen molar-refractivity contribution in [3.05, 3.63) is 0 Å². The zero-order chi connectivity index (χ0) is 14.3. The molecular formula is C11H21N3O4. The van der Waals surface area contributed by atoms with E-state index < -0.39 is 18.0 Å². The number of aliphatic carboxylic acids is 1. The van der Waals surface area contributed by atoms with Crippen LogP contribution in [0.2, 0.25) is 0 Å². The van der Waals surface area contributed by atoms with Crippen molar-refractivity contribution < 1.29 is 19.5 Å². The van der Waals surface area contributed by atoms with Gasteiger partial charge in [-0.1, -0.05) is 0 Å². The Morgan fingerprint density at radius 3 is 2.22 bits per heavy atom. The van der Waals surface area contributed by atoms with Crippen LogP contribution < -0.4 is 5.32 Å². The Labute approximate surface area is 107 Å². The number of amides is 3. The quantitative estimate of drug-likeness (QED) is 0.701. The molecule has 18 heavy (non-hydrogen) atoms. The van der Waals surface area contributed by atoms with Gasteiger partial charge in [0.15, 0.2) is 0 Å². The maximum atomic E-state index is 12.0. The fourth-order valence-electron chi connectivity index (χ4n) is 1.30. The van der Waals surface area contributed by atoms with E-state index in [1.807, 2.05) is 0 Å². The van der Waals surface area contributed by atoms with E-state index in [4.69, 9.17) is 5.11 Å². The van der Waals surface area contributed by atoms with Crippen LogP contribution in [-0.2, 0) is 9.59 Å². The van der Waals surface area contributed by atoms with Crippen molar-refractivity contribution in [2.45, 2.75) is 26.8 Å². The molecule has 0 spiro atoms. The van der Waals surface area contributed by atoms with E-state index in [1.54, 1.807) is 13.8 Å². The molecule has 0 saturated heterocycles. The molecule has 7 nitrogen and oxygen atoms in total. The number of carboxylic acid groups (broad SMARTS) is 1. The monoisotopic (exact) mass is 259 g/mol. The summed E-state index contributed by atoms with van der Waals surface area (Å²) in [6.45, 7) is 5.70. The number of rotatable bonds is 6. The van der Waals surface area contributed by atoms with E-state index in [0.29, 0.717) is 13.1 Å². The molecule has 0 saturated carbocycles. The molecule has 0 aliphatic heterocycles. The zero-order valence-corrected chi connectivity index (χ0v) is 11.3. The van der Waals surface area contributed by atoms with Gasteiger partial charge in [-0.3, -0.25) is 4.79 Å². The minimum absolute atomic E-state index is 0.0696. The summed E-state index contributed by atoms with van der Waals surface area (Å²) < 4.78 is 0. The predicted molar refractivity (Wildman–Crippen MR) is 66.2 cm³/mol. The molecule has 0 aliphatic rings. The fourth-order valence-corrected chi connectivity index (χ4v) is 1.30. The van der Waals surface area contributed by atoms with E-state index in [1.165, 1.54) is 18.9 Å². The summed E-state index contributed by atoms with van der Waals surface area (Å²) in [5.74, 6) is -1.34. The van der Waals surface area contributed by atoms with Gasteiger partial charge in [0.05, 0.1) is 0 Å². The third-order valence-electron chi connectivity index (χ3n) is 2.60. The molecule has 1 atom stereocenters. The topological polar surface area (TPSA) is 90.0 Å². The first-order valence-electron chi connectivity index (χ1n) is 5.86. The minimum Gasteiger partial charge on any atom is -0.480 e. The molecule has 0 aromatic carbocycles. The van der Waals surface area contributed by atoms with Crippen LogP contribution in [-0.4, -0.2) is 65.5 Å². The SMILES string of the molecule is CCNC(=O)CN(CC)C(=O)N(C)C(C)C(=O)O. The fraction of sp³-hybridized carbons (Fsp3) is 0.727. The van der Waals surface area contributed by atoms with Crippen molar-refractivity contribution in [3.63, 3.8) is 0 Å². The van der Waals surface area contributed by atoms with Crippen LogP contribution in [0.3, 0.4) is 0 Å². The second-order valence-corrected chi connectivity index (χ2v) is 3.88. The van der Waals surface area contributed by atoms with Crippen LogP contribution in [0.5, 0.6) is 0 Å². The molecule has 2 N–H and O–H groups in total. The first kappa shape index (κ1) is 16.2. The molecule has 0 radical (unpaired) electrons. The highest BCUT2D eigenvalue weighted by Gasteiger charge is 2.26. The Morgan fingerprint density at radius 2 is 1.83 bits per heavy atom. The van der Waals surface area contributed by atoms with Crippen LogP contribution in [0.1, 0.15) is 20.8 Å². The summed E-state index contributed by atoms with van der Waals surface area (Å²) >= 11 is 0. The summed E-state index contributed by atoms with van der Waals surface area (Å²) in [4.78, 5) is 36.6. The van der Waals surface area contributed by atoms with Gasteiger partial charge >= 0.3 is 12.0 Å². The van der Waals surface area contributed by atoms with Crippen molar-refractivity contribution in [2.24, 2.45) is 0 Å². The van der Waals surface area contributed by atoms with Gasteiger partial charge in [-0.2, -0.15) is 0 Å². The molecule has 1 unspecified atom stereocenters. The molecule has 0 aliphatic carbocycles. The first-order valence-corrected chi connectivity index (χ1v) is 5.86. The molecule has 0 aromatic heterocycles. The van der Waals surface area contributed by atoms with Gasteiger partial charge < -0.3 is 20.2 Å². The third-order valence-corrected chi connectivity index (χ3v) is 2.60. The van der Waals surface area contributed by atoms with Crippen molar-refractivity contribution >= 4 is 17.9 Å². The Balaban J connectivity index is 4.60. The average molecular weight is 259 g/mol. The lowest BCUT2D eigenvalue weighted by Crippen LogP contribution is -2.50. The summed E-state index contributed by atoms with van der Waals surface area (Å²) in [7, 11) is 1.40. The van der Waals surface area contributed by atoms with Crippen LogP contribution in [0, 0.1) is 0 Å². The van der Waals surface area contributed by atoms with E-state index >= 15 is 0 Å². The number of urea groups is 1. The summed E-state index contributed by atoms with van der Waals surface area (Å²) in [6.07, 6.45) is 0. The molecule has 0 heterocycles. The molecule has 7 heteroatoms. The Morgan fingerprint density at radius 1 is 1.28 bits per heavy atom. The van der Waals surface area contributed by atoms with Gasteiger partial charge in [0.2, 0.25) is 5.91 Å². The van der Waals surface area contributed by atoms with Crippen molar-refractivity contribution in [3.8, 4) is 0 Å². The molecule has 0 aromatic rings. The normalized spacial score (nSPS) is 11.6. The number of carbonyl (C=O) groups excluding carboxylic acids is 2. The number of nitrogens with zero attached hydrogens (tertiary/aromatic N) is 2. The van der Waals surface area contributed by atoms with E-state index in [0.717, 1.165) is 4.90 Å². The maximum absolute atomic E-state index is 12.0. The number of hydrogen-bond acceptors (Lipinski definition) is 3. The Bertz CT molecular complexity index is 319. The van der Waals surface area contributed by atoms with Gasteiger partial charge in [-0.25, -0.2) is 9.59 Å². The Hall–Kier alpha value is -1.79. The summed E-state index contributed by atoms with van der Waals surface area (Å²) in [5.41, 5.74) is 0. The summed E-state index contributed by atoms with van der Waals surface area (Å²) in [5, 5.41) is 11.4. The van der Waals surface area contributed by atoms with E-state index in [9.17, 15) is 14.4 Å². The number of nitrogens with one attached hydrogen (secondary N) is 1. The third kappa shape index (κ3) is 4.60. The smallest absolute Gasteiger partial charge is 0.326 e. The second-order valence-electron chi connectivity index (χ2n) is 3.88. The second kappa shape index (κ2) is 7.52. The van der Waals surface area contributed by atoms with E-state index in [2.05, 4.69) is 5.32 Å². The highest BCUT2D eigenvalue weighted by atomic mass is 16.4. The highest BCUT2D eigenvalue weighted by Crippen LogP contribution is 2.02. The Kier molecular flexibility index (Phi) is 6.77. The van der Waals surface area contributed by atoms with Crippen LogP contribution >= 0.6 is 0 Å². The van der Waals surface area contributed by atoms with Crippen LogP contribution in [0.15, 0.2) is 0 Å². The lowest BCUT2D eigenvalue weighted by Gasteiger charge is -2.29. The number of hydrogen-bond donors (Lipinski definition) is 2. The highest BCUT2D eigenvalue weighted by molar-refractivity contribution is 5.86. The number of carboxylic acids is 1.